The van der Waals surface area contributed by atoms with Crippen LogP contribution < -0.4 is 4.90 Å². The van der Waals surface area contributed by atoms with Crippen LogP contribution in [0.5, 0.6) is 0 Å². The first-order chi connectivity index (χ1) is 9.44. The molecule has 2 saturated heterocycles. The number of piperidine rings is 1. The summed E-state index contributed by atoms with van der Waals surface area (Å²) in [5.41, 5.74) is -2.70. The predicted molar refractivity (Wildman–Crippen MR) is 73.0 cm³/mol. The van der Waals surface area contributed by atoms with E-state index in [0.717, 1.165) is 45.2 Å². The van der Waals surface area contributed by atoms with Gasteiger partial charge in [-0.2, -0.15) is 0 Å². The normalized spacial score (nSPS) is 58.1. The maximum Gasteiger partial charge on any atom is 0.208 e. The first kappa shape index (κ1) is 13.2. The van der Waals surface area contributed by atoms with E-state index >= 15 is 0 Å². The number of hydrogen-bond donors (Lipinski definition) is 3. The Labute approximate surface area is 120 Å². The molecule has 4 rings (SSSR count). The van der Waals surface area contributed by atoms with Gasteiger partial charge in [-0.05, 0) is 43.9 Å². The molecule has 4 nitrogen and oxygen atoms in total. The highest BCUT2D eigenvalue weighted by molar-refractivity contribution is 5.91. The highest BCUT2D eigenvalue weighted by Gasteiger charge is 2.78. The van der Waals surface area contributed by atoms with Crippen molar-refractivity contribution < 1.29 is 19.9 Å². The second kappa shape index (κ2) is 3.84. The highest BCUT2D eigenvalue weighted by Crippen LogP contribution is 2.64. The highest BCUT2D eigenvalue weighted by atomic mass is 16.3. The minimum absolute atomic E-state index is 0.0122. The average Bonchev–Trinajstić information content (AvgIpc) is 2.56. The molecule has 0 aromatic heterocycles. The number of hydrogen-bond acceptors (Lipinski definition) is 3. The fourth-order valence-electron chi connectivity index (χ4n) is 6.49. The molecular weight excluding hydrogens is 254 g/mol. The van der Waals surface area contributed by atoms with Crippen molar-refractivity contribution in [1.29, 1.82) is 0 Å². The molecule has 2 aliphatic heterocycles. The molecule has 4 aliphatic rings. The molecule has 5 unspecified atom stereocenters. The maximum absolute atomic E-state index is 12.6. The molecule has 0 amide bonds. The third kappa shape index (κ3) is 1.23. The zero-order valence-corrected chi connectivity index (χ0v) is 12.3. The van der Waals surface area contributed by atoms with Crippen LogP contribution in [-0.4, -0.2) is 40.4 Å². The van der Waals surface area contributed by atoms with Crippen LogP contribution in [0.2, 0.25) is 0 Å². The Hall–Kier alpha value is -0.450. The standard InChI is InChI=1S/C16H25NO3/c1-11-8-12-9-13(18)15(19)5-3-7-17-6-2-4-14(12,15)16(17,20)10-11/h11-12,19-20H,2-10H2,1H3/p+1/t11?,12?,14?,15-,16?/m0/s1. The van der Waals surface area contributed by atoms with Crippen molar-refractivity contribution in [2.45, 2.75) is 63.2 Å². The van der Waals surface area contributed by atoms with Gasteiger partial charge in [0.05, 0.1) is 18.5 Å². The van der Waals surface area contributed by atoms with Crippen LogP contribution in [0, 0.1) is 17.3 Å². The number of carbonyl (C=O) groups is 1. The molecule has 6 atom stereocenters. The molecule has 20 heavy (non-hydrogen) atoms. The Bertz CT molecular complexity index is 467. The van der Waals surface area contributed by atoms with E-state index in [-0.39, 0.29) is 11.7 Å². The summed E-state index contributed by atoms with van der Waals surface area (Å²) < 4.78 is 0. The van der Waals surface area contributed by atoms with Crippen molar-refractivity contribution in [2.24, 2.45) is 17.3 Å². The minimum atomic E-state index is -1.26. The van der Waals surface area contributed by atoms with E-state index in [2.05, 4.69) is 6.92 Å². The topological polar surface area (TPSA) is 62.0 Å². The number of quaternary nitrogens is 1. The molecule has 2 aliphatic carbocycles. The molecule has 2 heterocycles. The Morgan fingerprint density at radius 2 is 1.90 bits per heavy atom. The van der Waals surface area contributed by atoms with Gasteiger partial charge in [-0.1, -0.05) is 6.92 Å². The van der Waals surface area contributed by atoms with Crippen molar-refractivity contribution in [3.63, 3.8) is 0 Å². The summed E-state index contributed by atoms with van der Waals surface area (Å²) in [7, 11) is 0. The lowest BCUT2D eigenvalue weighted by Gasteiger charge is -2.60. The number of nitrogens with one attached hydrogen (secondary N) is 1. The zero-order chi connectivity index (χ0) is 14.2. The molecule has 0 aromatic carbocycles. The van der Waals surface area contributed by atoms with Gasteiger partial charge in [-0.25, -0.2) is 0 Å². The van der Waals surface area contributed by atoms with Gasteiger partial charge in [-0.15, -0.1) is 0 Å². The lowest BCUT2D eigenvalue weighted by Crippen LogP contribution is -3.24. The Morgan fingerprint density at radius 1 is 1.20 bits per heavy atom. The van der Waals surface area contributed by atoms with Gasteiger partial charge in [0, 0.05) is 12.8 Å². The largest absolute Gasteiger partial charge is 0.381 e. The summed E-state index contributed by atoms with van der Waals surface area (Å²) in [4.78, 5) is 13.8. The summed E-state index contributed by atoms with van der Waals surface area (Å²) in [5, 5.41) is 22.9. The van der Waals surface area contributed by atoms with Crippen molar-refractivity contribution in [2.75, 3.05) is 13.1 Å². The van der Waals surface area contributed by atoms with E-state index in [1.54, 1.807) is 0 Å². The zero-order valence-electron chi connectivity index (χ0n) is 12.3. The van der Waals surface area contributed by atoms with E-state index in [4.69, 9.17) is 0 Å². The van der Waals surface area contributed by atoms with E-state index in [0.29, 0.717) is 18.8 Å². The Morgan fingerprint density at radius 3 is 2.65 bits per heavy atom. The van der Waals surface area contributed by atoms with Crippen LogP contribution in [0.15, 0.2) is 0 Å². The first-order valence-corrected chi connectivity index (χ1v) is 8.27. The smallest absolute Gasteiger partial charge is 0.208 e. The molecule has 2 saturated carbocycles. The second-order valence-corrected chi connectivity index (χ2v) is 7.87. The van der Waals surface area contributed by atoms with E-state index in [1.807, 2.05) is 0 Å². The van der Waals surface area contributed by atoms with Gasteiger partial charge in [0.15, 0.2) is 5.78 Å². The van der Waals surface area contributed by atoms with Gasteiger partial charge < -0.3 is 15.1 Å². The molecular formula is C16H26NO3+. The van der Waals surface area contributed by atoms with Crippen LogP contribution in [0.1, 0.15) is 51.9 Å². The van der Waals surface area contributed by atoms with Gasteiger partial charge in [0.2, 0.25) is 5.72 Å². The van der Waals surface area contributed by atoms with Crippen LogP contribution in [-0.2, 0) is 4.79 Å². The second-order valence-electron chi connectivity index (χ2n) is 7.87. The predicted octanol–water partition coefficient (Wildman–Crippen LogP) is -0.116. The Kier molecular flexibility index (Phi) is 2.54. The molecule has 1 spiro atoms. The lowest BCUT2D eigenvalue weighted by atomic mass is 9.51. The number of ketones is 1. The summed E-state index contributed by atoms with van der Waals surface area (Å²) >= 11 is 0. The maximum atomic E-state index is 12.6. The minimum Gasteiger partial charge on any atom is -0.381 e. The molecule has 4 fully saturated rings. The molecule has 4 heteroatoms. The van der Waals surface area contributed by atoms with Crippen LogP contribution in [0.4, 0.5) is 0 Å². The van der Waals surface area contributed by atoms with Crippen LogP contribution in [0.25, 0.3) is 0 Å². The molecule has 0 aromatic rings. The summed E-state index contributed by atoms with van der Waals surface area (Å²) in [6.07, 6.45) is 5.48. The number of carbonyl (C=O) groups excluding carboxylic acids is 1. The van der Waals surface area contributed by atoms with Crippen LogP contribution in [0.3, 0.4) is 0 Å². The van der Waals surface area contributed by atoms with Crippen LogP contribution >= 0.6 is 0 Å². The van der Waals surface area contributed by atoms with Gasteiger partial charge in [0.25, 0.3) is 0 Å². The summed E-state index contributed by atoms with van der Waals surface area (Å²) in [5.74, 6) is 0.639. The van der Waals surface area contributed by atoms with E-state index in [9.17, 15) is 15.0 Å². The average molecular weight is 280 g/mol. The number of rotatable bonds is 0. The number of Topliss-reactive ketones (excluding diaryl/α,β-unsaturated/α-hetero) is 1. The van der Waals surface area contributed by atoms with Crippen molar-refractivity contribution in [3.8, 4) is 0 Å². The van der Waals surface area contributed by atoms with Gasteiger partial charge in [0.1, 0.15) is 5.60 Å². The summed E-state index contributed by atoms with van der Waals surface area (Å²) in [6, 6.07) is 0. The van der Waals surface area contributed by atoms with Crippen molar-refractivity contribution in [3.05, 3.63) is 0 Å². The first-order valence-electron chi connectivity index (χ1n) is 8.27. The quantitative estimate of drug-likeness (QED) is 0.580. The molecule has 2 bridgehead atoms. The lowest BCUT2D eigenvalue weighted by molar-refractivity contribution is -0.997. The molecule has 112 valence electrons. The van der Waals surface area contributed by atoms with E-state index in [1.165, 1.54) is 4.90 Å². The van der Waals surface area contributed by atoms with Gasteiger partial charge in [-0.3, -0.25) is 4.79 Å². The third-order valence-electron chi connectivity index (χ3n) is 7.05. The third-order valence-corrected chi connectivity index (χ3v) is 7.05. The van der Waals surface area contributed by atoms with Gasteiger partial charge >= 0.3 is 0 Å². The fraction of sp³-hybridized carbons (Fsp3) is 0.938. The monoisotopic (exact) mass is 280 g/mol. The molecule has 3 N–H and O–H groups in total. The molecule has 0 radical (unpaired) electrons. The summed E-state index contributed by atoms with van der Waals surface area (Å²) in [6.45, 7) is 4.07. The van der Waals surface area contributed by atoms with E-state index < -0.39 is 16.7 Å². The van der Waals surface area contributed by atoms with Crippen molar-refractivity contribution >= 4 is 5.78 Å². The Balaban J connectivity index is 1.95. The fourth-order valence-corrected chi connectivity index (χ4v) is 6.49. The van der Waals surface area contributed by atoms with Crippen molar-refractivity contribution in [1.82, 2.24) is 0 Å². The number of aliphatic hydroxyl groups is 2. The SMILES string of the molecule is CC1CC2CC(=O)[C@@]3(O)CCC[NH+]4CCCC23C4(O)C1.